The molecule has 0 bridgehead atoms. The minimum Gasteiger partial charge on any atom is -0.545 e. The van der Waals surface area contributed by atoms with Gasteiger partial charge in [0.05, 0.1) is 5.97 Å². The van der Waals surface area contributed by atoms with Crippen LogP contribution in [0.5, 0.6) is 5.88 Å². The second kappa shape index (κ2) is 8.22. The number of aromatic carboxylic acids is 1. The molecule has 0 spiro atoms. The van der Waals surface area contributed by atoms with E-state index in [1.165, 1.54) is 23.9 Å². The summed E-state index contributed by atoms with van der Waals surface area (Å²) >= 11 is 4.89. The Morgan fingerprint density at radius 2 is 2.07 bits per heavy atom. The predicted molar refractivity (Wildman–Crippen MR) is 112 cm³/mol. The average molecular weight is 470 g/mol. The third-order valence-electron chi connectivity index (χ3n) is 4.17. The standard InChI is InChI=1S/C20H15BrN4O3S/c1-2-9-29-20-23-18-16(24-25-20)14-10-13(21)7-8-15(14)22-17(28-18)11-3-5-12(6-4-11)19(26)27/h2-8,10,17,22H,1,9H2,(H,26,27)/p-1/t17-/m0/s1. The molecule has 0 unspecified atom stereocenters. The van der Waals surface area contributed by atoms with E-state index in [1.807, 2.05) is 18.2 Å². The number of anilines is 1. The summed E-state index contributed by atoms with van der Waals surface area (Å²) in [6, 6.07) is 12.0. The number of carbonyl (C=O) groups excluding carboxylic acids is 1. The van der Waals surface area contributed by atoms with Gasteiger partial charge in [0.2, 0.25) is 11.0 Å². The van der Waals surface area contributed by atoms with E-state index in [0.29, 0.717) is 22.5 Å². The van der Waals surface area contributed by atoms with Crippen molar-refractivity contribution >= 4 is 39.3 Å². The molecule has 2 heterocycles. The molecule has 7 nitrogen and oxygen atoms in total. The van der Waals surface area contributed by atoms with Gasteiger partial charge in [0.1, 0.15) is 0 Å². The van der Waals surface area contributed by atoms with Crippen LogP contribution in [0, 0.1) is 0 Å². The molecule has 0 saturated carbocycles. The second-order valence-electron chi connectivity index (χ2n) is 6.09. The highest BCUT2D eigenvalue weighted by Crippen LogP contribution is 2.40. The van der Waals surface area contributed by atoms with Gasteiger partial charge >= 0.3 is 0 Å². The van der Waals surface area contributed by atoms with Gasteiger partial charge in [-0.3, -0.25) is 0 Å². The molecule has 0 saturated heterocycles. The first-order valence-electron chi connectivity index (χ1n) is 8.58. The average Bonchev–Trinajstić information content (AvgIpc) is 2.88. The number of aromatic nitrogens is 3. The van der Waals surface area contributed by atoms with Crippen LogP contribution in [-0.4, -0.2) is 26.9 Å². The monoisotopic (exact) mass is 469 g/mol. The Kier molecular flexibility index (Phi) is 5.50. The molecule has 1 aliphatic rings. The number of hydrogen-bond acceptors (Lipinski definition) is 8. The van der Waals surface area contributed by atoms with Gasteiger partial charge in [0.25, 0.3) is 0 Å². The molecule has 1 aliphatic heterocycles. The number of rotatable bonds is 5. The fourth-order valence-electron chi connectivity index (χ4n) is 2.81. The number of halogens is 1. The van der Waals surface area contributed by atoms with Gasteiger partial charge in [0, 0.05) is 27.0 Å². The molecule has 0 fully saturated rings. The number of carboxylic acids is 1. The quantitative estimate of drug-likeness (QED) is 0.447. The van der Waals surface area contributed by atoms with Crippen molar-refractivity contribution in [1.29, 1.82) is 0 Å². The lowest BCUT2D eigenvalue weighted by Crippen LogP contribution is -2.22. The van der Waals surface area contributed by atoms with E-state index in [4.69, 9.17) is 4.74 Å². The number of nitrogens with one attached hydrogen (secondary N) is 1. The van der Waals surface area contributed by atoms with Gasteiger partial charge in [0.15, 0.2) is 11.9 Å². The number of hydrogen-bond donors (Lipinski definition) is 1. The van der Waals surface area contributed by atoms with Crippen LogP contribution >= 0.6 is 27.7 Å². The van der Waals surface area contributed by atoms with Gasteiger partial charge < -0.3 is 20.0 Å². The van der Waals surface area contributed by atoms with Crippen LogP contribution in [0.2, 0.25) is 0 Å². The Morgan fingerprint density at radius 1 is 1.28 bits per heavy atom. The van der Waals surface area contributed by atoms with Crippen LogP contribution in [-0.2, 0) is 0 Å². The number of benzene rings is 2. The molecule has 29 heavy (non-hydrogen) atoms. The van der Waals surface area contributed by atoms with Gasteiger partial charge in [-0.05, 0) is 23.8 Å². The van der Waals surface area contributed by atoms with Gasteiger partial charge in [-0.1, -0.05) is 58.0 Å². The molecule has 146 valence electrons. The molecule has 4 rings (SSSR count). The number of carboxylic acid groups (broad SMARTS) is 1. The topological polar surface area (TPSA) is 100 Å². The van der Waals surface area contributed by atoms with E-state index < -0.39 is 12.2 Å². The van der Waals surface area contributed by atoms with Crippen LogP contribution in [0.25, 0.3) is 11.3 Å². The maximum absolute atomic E-state index is 11.0. The summed E-state index contributed by atoms with van der Waals surface area (Å²) in [6.07, 6.45) is 1.16. The molecular formula is C20H14BrN4O3S-. The van der Waals surface area contributed by atoms with Crippen LogP contribution in [0.15, 0.2) is 64.7 Å². The van der Waals surface area contributed by atoms with Gasteiger partial charge in [-0.25, -0.2) is 0 Å². The van der Waals surface area contributed by atoms with E-state index in [9.17, 15) is 9.90 Å². The van der Waals surface area contributed by atoms with E-state index >= 15 is 0 Å². The van der Waals surface area contributed by atoms with Crippen LogP contribution in [0.4, 0.5) is 5.69 Å². The molecule has 9 heteroatoms. The summed E-state index contributed by atoms with van der Waals surface area (Å²) in [5.74, 6) is -0.243. The van der Waals surface area contributed by atoms with Gasteiger partial charge in [-0.2, -0.15) is 4.98 Å². The summed E-state index contributed by atoms with van der Waals surface area (Å²) in [4.78, 5) is 15.6. The van der Waals surface area contributed by atoms with Crippen molar-refractivity contribution in [1.82, 2.24) is 15.2 Å². The zero-order valence-corrected chi connectivity index (χ0v) is 17.4. The van der Waals surface area contributed by atoms with Crippen molar-refractivity contribution in [2.75, 3.05) is 11.1 Å². The van der Waals surface area contributed by atoms with Crippen LogP contribution in [0.1, 0.15) is 22.1 Å². The second-order valence-corrected chi connectivity index (χ2v) is 7.99. The van der Waals surface area contributed by atoms with Gasteiger partial charge in [-0.15, -0.1) is 16.8 Å². The van der Waals surface area contributed by atoms with E-state index in [2.05, 4.69) is 43.0 Å². The van der Waals surface area contributed by atoms with E-state index in [-0.39, 0.29) is 5.56 Å². The molecule has 0 radical (unpaired) electrons. The van der Waals surface area contributed by atoms with Crippen molar-refractivity contribution in [2.24, 2.45) is 0 Å². The Balaban J connectivity index is 1.78. The lowest BCUT2D eigenvalue weighted by molar-refractivity contribution is -0.255. The largest absolute Gasteiger partial charge is 0.545 e. The Hall–Kier alpha value is -2.91. The molecule has 2 aromatic carbocycles. The summed E-state index contributed by atoms with van der Waals surface area (Å²) < 4.78 is 7.03. The van der Waals surface area contributed by atoms with Crippen molar-refractivity contribution in [2.45, 2.75) is 11.4 Å². The molecular weight excluding hydrogens is 456 g/mol. The summed E-state index contributed by atoms with van der Waals surface area (Å²) in [5, 5.41) is 23.4. The Labute approximate surface area is 179 Å². The normalized spacial score (nSPS) is 14.6. The summed E-state index contributed by atoms with van der Waals surface area (Å²) in [7, 11) is 0. The zero-order chi connectivity index (χ0) is 20.4. The Morgan fingerprint density at radius 3 is 2.79 bits per heavy atom. The minimum atomic E-state index is -1.23. The van der Waals surface area contributed by atoms with Crippen LogP contribution in [0.3, 0.4) is 0 Å². The third kappa shape index (κ3) is 4.10. The molecule has 0 aliphatic carbocycles. The minimum absolute atomic E-state index is 0.0965. The zero-order valence-electron chi connectivity index (χ0n) is 15.0. The molecule has 1 atom stereocenters. The highest BCUT2D eigenvalue weighted by atomic mass is 79.9. The highest BCUT2D eigenvalue weighted by Gasteiger charge is 2.26. The van der Waals surface area contributed by atoms with E-state index in [0.717, 1.165) is 21.3 Å². The predicted octanol–water partition coefficient (Wildman–Crippen LogP) is 3.45. The molecule has 1 N–H and O–H groups in total. The third-order valence-corrected chi connectivity index (χ3v) is 5.49. The van der Waals surface area contributed by atoms with Crippen molar-refractivity contribution < 1.29 is 14.6 Å². The van der Waals surface area contributed by atoms with Crippen molar-refractivity contribution in [3.63, 3.8) is 0 Å². The number of fused-ring (bicyclic) bond motifs is 3. The number of nitrogens with zero attached hydrogens (tertiary/aromatic N) is 3. The molecule has 3 aromatic rings. The highest BCUT2D eigenvalue weighted by molar-refractivity contribution is 9.10. The van der Waals surface area contributed by atoms with Crippen molar-refractivity contribution in [3.8, 4) is 17.1 Å². The fourth-order valence-corrected chi connectivity index (χ4v) is 3.68. The fraction of sp³-hybridized carbons (Fsp3) is 0.100. The van der Waals surface area contributed by atoms with Crippen molar-refractivity contribution in [3.05, 3.63) is 70.7 Å². The van der Waals surface area contributed by atoms with E-state index in [1.54, 1.807) is 18.2 Å². The first kappa shape index (κ1) is 19.4. The number of ether oxygens (including phenoxy) is 1. The SMILES string of the molecule is C=CCSc1nnc2c(n1)O[C@@H](c1ccc(C(=O)[O-])cc1)Nc1ccc(Br)cc1-2. The first-order valence-corrected chi connectivity index (χ1v) is 10.4. The Bertz CT molecular complexity index is 1090. The number of carbonyl (C=O) groups is 1. The summed E-state index contributed by atoms with van der Waals surface area (Å²) in [5.41, 5.74) is 2.94. The maximum Gasteiger partial charge on any atom is 0.247 e. The van der Waals surface area contributed by atoms with Crippen LogP contribution < -0.4 is 15.2 Å². The smallest absolute Gasteiger partial charge is 0.247 e. The molecule has 1 aromatic heterocycles. The lowest BCUT2D eigenvalue weighted by Gasteiger charge is -2.19. The number of thioether (sulfide) groups is 1. The first-order chi connectivity index (χ1) is 14.0. The molecule has 0 amide bonds. The lowest BCUT2D eigenvalue weighted by atomic mass is 10.1. The maximum atomic E-state index is 11.0. The summed E-state index contributed by atoms with van der Waals surface area (Å²) in [6.45, 7) is 3.70.